The van der Waals surface area contributed by atoms with E-state index in [0.29, 0.717) is 21.2 Å². The van der Waals surface area contributed by atoms with Gasteiger partial charge in [0.05, 0.1) is 10.6 Å². The van der Waals surface area contributed by atoms with Crippen molar-refractivity contribution >= 4 is 50.7 Å². The zero-order chi connectivity index (χ0) is 33.4. The lowest BCUT2D eigenvalue weighted by Crippen LogP contribution is -2.55. The molecule has 4 aromatic rings. The maximum absolute atomic E-state index is 14.7. The molecule has 1 saturated carbocycles. The Balaban J connectivity index is 1.58. The number of hydrogen-bond donors (Lipinski definition) is 1. The van der Waals surface area contributed by atoms with E-state index in [1.54, 1.807) is 61.5 Å². The van der Waals surface area contributed by atoms with Gasteiger partial charge in [0, 0.05) is 29.1 Å². The Morgan fingerprint density at radius 1 is 0.809 bits per heavy atom. The molecule has 1 atom stereocenters. The van der Waals surface area contributed by atoms with Gasteiger partial charge in [-0.3, -0.25) is 13.9 Å². The highest BCUT2D eigenvalue weighted by Crippen LogP contribution is 2.30. The van der Waals surface area contributed by atoms with E-state index in [-0.39, 0.29) is 35.5 Å². The van der Waals surface area contributed by atoms with Crippen molar-refractivity contribution < 1.29 is 18.0 Å². The third-order valence-electron chi connectivity index (χ3n) is 8.51. The van der Waals surface area contributed by atoms with Gasteiger partial charge in [-0.2, -0.15) is 0 Å². The third-order valence-corrected chi connectivity index (χ3v) is 10.8. The Bertz CT molecular complexity index is 1780. The van der Waals surface area contributed by atoms with Crippen LogP contribution in [0.3, 0.4) is 0 Å². The molecule has 5 rings (SSSR count). The minimum atomic E-state index is -4.22. The summed E-state index contributed by atoms with van der Waals surface area (Å²) in [6.07, 6.45) is 5.20. The summed E-state index contributed by atoms with van der Waals surface area (Å²) in [5.41, 5.74) is 2.49. The van der Waals surface area contributed by atoms with Gasteiger partial charge in [0.15, 0.2) is 0 Å². The Morgan fingerprint density at radius 3 is 2.13 bits per heavy atom. The maximum atomic E-state index is 14.7. The zero-order valence-electron chi connectivity index (χ0n) is 26.3. The quantitative estimate of drug-likeness (QED) is 0.166. The molecule has 0 radical (unpaired) electrons. The molecule has 1 fully saturated rings. The Morgan fingerprint density at radius 2 is 1.45 bits per heavy atom. The van der Waals surface area contributed by atoms with E-state index in [4.69, 9.17) is 23.2 Å². The lowest BCUT2D eigenvalue weighted by Gasteiger charge is -2.35. The number of halogens is 2. The summed E-state index contributed by atoms with van der Waals surface area (Å²) < 4.78 is 29.6. The molecule has 1 aliphatic rings. The van der Waals surface area contributed by atoms with Crippen LogP contribution >= 0.6 is 23.2 Å². The molecule has 0 heterocycles. The van der Waals surface area contributed by atoms with Crippen molar-refractivity contribution in [1.82, 2.24) is 10.2 Å². The van der Waals surface area contributed by atoms with Crippen molar-refractivity contribution in [2.45, 2.75) is 69.0 Å². The molecule has 1 unspecified atom stereocenters. The van der Waals surface area contributed by atoms with E-state index >= 15 is 0 Å². The van der Waals surface area contributed by atoms with Crippen molar-refractivity contribution in [2.75, 3.05) is 10.8 Å². The first-order valence-electron chi connectivity index (χ1n) is 15.8. The molecule has 1 aliphatic carbocycles. The van der Waals surface area contributed by atoms with Gasteiger partial charge in [0.25, 0.3) is 10.0 Å². The SMILES string of the molecule is Cc1ccc(Cl)cc1N(CC(=O)N(Cc1cccc(Cl)c1)C(Cc1ccccc1)C(=O)NC1CCCCC1)S(=O)(=O)c1ccccc1. The van der Waals surface area contributed by atoms with E-state index in [2.05, 4.69) is 5.32 Å². The summed E-state index contributed by atoms with van der Waals surface area (Å²) in [7, 11) is -4.22. The summed E-state index contributed by atoms with van der Waals surface area (Å²) in [6, 6.07) is 28.6. The molecular weight excluding hydrogens is 653 g/mol. The van der Waals surface area contributed by atoms with Crippen LogP contribution in [0.15, 0.2) is 108 Å². The summed E-state index contributed by atoms with van der Waals surface area (Å²) in [5.74, 6) is -0.809. The number of aryl methyl sites for hydroxylation is 1. The van der Waals surface area contributed by atoms with Crippen molar-refractivity contribution in [3.8, 4) is 0 Å². The van der Waals surface area contributed by atoms with Crippen LogP contribution < -0.4 is 9.62 Å². The molecule has 10 heteroatoms. The molecule has 1 N–H and O–H groups in total. The highest BCUT2D eigenvalue weighted by atomic mass is 35.5. The Kier molecular flexibility index (Phi) is 11.6. The summed E-state index contributed by atoms with van der Waals surface area (Å²) in [6.45, 7) is 1.26. The van der Waals surface area contributed by atoms with E-state index in [1.165, 1.54) is 17.0 Å². The van der Waals surface area contributed by atoms with Crippen LogP contribution in [-0.2, 0) is 32.6 Å². The average Bonchev–Trinajstić information content (AvgIpc) is 3.07. The average molecular weight is 693 g/mol. The number of nitrogens with zero attached hydrogens (tertiary/aromatic N) is 2. The second kappa shape index (κ2) is 15.8. The van der Waals surface area contributed by atoms with Crippen LogP contribution in [0.5, 0.6) is 0 Å². The minimum absolute atomic E-state index is 0.0155. The predicted molar refractivity (Wildman–Crippen MR) is 188 cm³/mol. The van der Waals surface area contributed by atoms with Crippen molar-refractivity contribution in [3.63, 3.8) is 0 Å². The smallest absolute Gasteiger partial charge is 0.264 e. The normalized spacial score (nSPS) is 14.3. The summed E-state index contributed by atoms with van der Waals surface area (Å²) in [4.78, 5) is 30.4. The van der Waals surface area contributed by atoms with E-state index in [9.17, 15) is 18.0 Å². The van der Waals surface area contributed by atoms with Gasteiger partial charge in [-0.25, -0.2) is 8.42 Å². The van der Waals surface area contributed by atoms with Crippen molar-refractivity contribution in [2.24, 2.45) is 0 Å². The number of rotatable bonds is 12. The third kappa shape index (κ3) is 8.95. The van der Waals surface area contributed by atoms with Crippen LogP contribution in [0.25, 0.3) is 0 Å². The number of nitrogens with one attached hydrogen (secondary N) is 1. The van der Waals surface area contributed by atoms with Crippen LogP contribution in [0, 0.1) is 6.92 Å². The van der Waals surface area contributed by atoms with Gasteiger partial charge in [-0.1, -0.05) is 109 Å². The molecule has 0 spiro atoms. The van der Waals surface area contributed by atoms with Gasteiger partial charge >= 0.3 is 0 Å². The van der Waals surface area contributed by atoms with Gasteiger partial charge in [-0.05, 0) is 72.9 Å². The minimum Gasteiger partial charge on any atom is -0.352 e. The van der Waals surface area contributed by atoms with Crippen LogP contribution in [-0.4, -0.2) is 43.8 Å². The molecule has 246 valence electrons. The van der Waals surface area contributed by atoms with Gasteiger partial charge in [0.2, 0.25) is 11.8 Å². The summed E-state index contributed by atoms with van der Waals surface area (Å²) in [5, 5.41) is 4.04. The van der Waals surface area contributed by atoms with Gasteiger partial charge in [-0.15, -0.1) is 0 Å². The van der Waals surface area contributed by atoms with Crippen molar-refractivity contribution in [3.05, 3.63) is 130 Å². The zero-order valence-corrected chi connectivity index (χ0v) is 28.6. The molecule has 47 heavy (non-hydrogen) atoms. The molecule has 0 saturated heterocycles. The molecule has 2 amide bonds. The standard InChI is InChI=1S/C37H39Cl2N3O4S/c1-27-20-21-31(39)24-34(27)42(47(45,46)33-18-9-4-10-19-33)26-36(43)41(25-29-14-11-15-30(38)22-29)35(23-28-12-5-2-6-13-28)37(44)40-32-16-7-3-8-17-32/h2,4-6,9-15,18-22,24,32,35H,3,7-8,16-17,23,25-26H2,1H3,(H,40,44). The predicted octanol–water partition coefficient (Wildman–Crippen LogP) is 7.59. The molecule has 0 aliphatic heterocycles. The number of carbonyl (C=O) groups excluding carboxylic acids is 2. The van der Waals surface area contributed by atoms with E-state index < -0.39 is 28.5 Å². The highest BCUT2D eigenvalue weighted by molar-refractivity contribution is 7.92. The number of anilines is 1. The molecule has 4 aromatic carbocycles. The number of benzene rings is 4. The monoisotopic (exact) mass is 691 g/mol. The number of carbonyl (C=O) groups is 2. The number of amides is 2. The largest absolute Gasteiger partial charge is 0.352 e. The van der Waals surface area contributed by atoms with Crippen molar-refractivity contribution in [1.29, 1.82) is 0 Å². The van der Waals surface area contributed by atoms with Crippen LogP contribution in [0.4, 0.5) is 5.69 Å². The number of sulfonamides is 1. The molecule has 7 nitrogen and oxygen atoms in total. The fourth-order valence-electron chi connectivity index (χ4n) is 6.01. The Hall–Kier alpha value is -3.85. The summed E-state index contributed by atoms with van der Waals surface area (Å²) >= 11 is 12.7. The Labute approximate surface area is 287 Å². The van der Waals surface area contributed by atoms with Crippen LogP contribution in [0.2, 0.25) is 10.0 Å². The molecule has 0 aromatic heterocycles. The first-order chi connectivity index (χ1) is 22.6. The lowest BCUT2D eigenvalue weighted by molar-refractivity contribution is -0.140. The highest BCUT2D eigenvalue weighted by Gasteiger charge is 2.36. The fraction of sp³-hybridized carbons (Fsp3) is 0.297. The fourth-order valence-corrected chi connectivity index (χ4v) is 7.89. The second-order valence-corrected chi connectivity index (χ2v) is 14.7. The van der Waals surface area contributed by atoms with E-state index in [0.717, 1.165) is 42.0 Å². The van der Waals surface area contributed by atoms with Gasteiger partial charge < -0.3 is 10.2 Å². The molecule has 0 bridgehead atoms. The van der Waals surface area contributed by atoms with Crippen LogP contribution in [0.1, 0.15) is 48.8 Å². The first kappa shape index (κ1) is 34.5. The second-order valence-electron chi connectivity index (χ2n) is 12.0. The molecular formula is C37H39Cl2N3O4S. The number of hydrogen-bond acceptors (Lipinski definition) is 4. The lowest BCUT2D eigenvalue weighted by atomic mass is 9.94. The maximum Gasteiger partial charge on any atom is 0.264 e. The first-order valence-corrected chi connectivity index (χ1v) is 18.0. The van der Waals surface area contributed by atoms with Gasteiger partial charge in [0.1, 0.15) is 12.6 Å². The van der Waals surface area contributed by atoms with E-state index in [1.807, 2.05) is 36.4 Å². The topological polar surface area (TPSA) is 86.8 Å².